The summed E-state index contributed by atoms with van der Waals surface area (Å²) in [5.41, 5.74) is -0.659. The van der Waals surface area contributed by atoms with Crippen LogP contribution >= 0.6 is 0 Å². The Morgan fingerprint density at radius 2 is 1.92 bits per heavy atom. The highest BCUT2D eigenvalue weighted by Crippen LogP contribution is 2.48. The van der Waals surface area contributed by atoms with E-state index in [1.807, 2.05) is 0 Å². The van der Waals surface area contributed by atoms with E-state index in [1.165, 1.54) is 19.2 Å². The molecule has 0 saturated carbocycles. The van der Waals surface area contributed by atoms with Gasteiger partial charge in [0.2, 0.25) is 11.8 Å². The molecule has 7 heteroatoms. The molecule has 0 bridgehead atoms. The first-order valence-electron chi connectivity index (χ1n) is 7.83. The summed E-state index contributed by atoms with van der Waals surface area (Å²) >= 11 is 0. The van der Waals surface area contributed by atoms with Crippen molar-refractivity contribution in [2.45, 2.75) is 25.4 Å². The van der Waals surface area contributed by atoms with Crippen molar-refractivity contribution in [1.82, 2.24) is 10.2 Å². The summed E-state index contributed by atoms with van der Waals surface area (Å²) in [5.74, 6) is -3.28. The summed E-state index contributed by atoms with van der Waals surface area (Å²) in [6, 6.07) is 5.12. The molecule has 2 saturated heterocycles. The third-order valence-corrected chi connectivity index (χ3v) is 4.94. The first-order valence-corrected chi connectivity index (χ1v) is 7.83. The summed E-state index contributed by atoms with van der Waals surface area (Å²) in [6.07, 6.45) is 0. The minimum atomic E-state index is -1.31. The fourth-order valence-electron chi connectivity index (χ4n) is 3.71. The molecule has 6 nitrogen and oxygen atoms in total. The topological polar surface area (TPSA) is 75.7 Å². The Labute approximate surface area is 139 Å². The molecule has 128 valence electrons. The predicted octanol–water partition coefficient (Wildman–Crippen LogP) is 1.02. The molecule has 4 atom stereocenters. The molecule has 0 unspecified atom stereocenters. The van der Waals surface area contributed by atoms with Gasteiger partial charge in [0, 0.05) is 13.1 Å². The van der Waals surface area contributed by atoms with E-state index in [0.29, 0.717) is 5.56 Å². The number of ether oxygens (including phenoxy) is 1. The van der Waals surface area contributed by atoms with Crippen molar-refractivity contribution in [3.8, 4) is 0 Å². The van der Waals surface area contributed by atoms with Gasteiger partial charge in [-0.25, -0.2) is 4.39 Å². The molecule has 2 aliphatic heterocycles. The van der Waals surface area contributed by atoms with Crippen LogP contribution in [0.1, 0.15) is 25.5 Å². The Morgan fingerprint density at radius 3 is 2.50 bits per heavy atom. The molecule has 0 aromatic heterocycles. The van der Waals surface area contributed by atoms with Gasteiger partial charge in [0.05, 0.1) is 18.4 Å². The molecule has 2 heterocycles. The van der Waals surface area contributed by atoms with Gasteiger partial charge in [-0.3, -0.25) is 24.6 Å². The molecule has 1 aromatic rings. The van der Waals surface area contributed by atoms with Gasteiger partial charge >= 0.3 is 5.97 Å². The summed E-state index contributed by atoms with van der Waals surface area (Å²) in [4.78, 5) is 38.6. The zero-order valence-electron chi connectivity index (χ0n) is 13.7. The molecule has 1 N–H and O–H groups in total. The molecular formula is C17H19FN2O4. The number of hydrogen-bond acceptors (Lipinski definition) is 5. The highest BCUT2D eigenvalue weighted by Gasteiger charge is 2.66. The smallest absolute Gasteiger partial charge is 0.326 e. The van der Waals surface area contributed by atoms with Gasteiger partial charge in [-0.1, -0.05) is 12.1 Å². The number of nitrogens with one attached hydrogen (secondary N) is 1. The number of benzene rings is 1. The third kappa shape index (κ3) is 2.23. The van der Waals surface area contributed by atoms with Gasteiger partial charge in [0.1, 0.15) is 11.4 Å². The normalized spacial score (nSPS) is 32.2. The van der Waals surface area contributed by atoms with E-state index in [2.05, 4.69) is 5.32 Å². The lowest BCUT2D eigenvalue weighted by atomic mass is 9.80. The van der Waals surface area contributed by atoms with E-state index in [1.54, 1.807) is 26.0 Å². The predicted molar refractivity (Wildman–Crippen MR) is 82.1 cm³/mol. The molecular weight excluding hydrogens is 315 g/mol. The van der Waals surface area contributed by atoms with E-state index < -0.39 is 41.1 Å². The van der Waals surface area contributed by atoms with Crippen LogP contribution in [0.4, 0.5) is 4.39 Å². The fraction of sp³-hybridized carbons (Fsp3) is 0.471. The zero-order chi connectivity index (χ0) is 17.6. The van der Waals surface area contributed by atoms with Crippen molar-refractivity contribution in [2.24, 2.45) is 11.8 Å². The van der Waals surface area contributed by atoms with Crippen molar-refractivity contribution in [3.05, 3.63) is 35.6 Å². The quantitative estimate of drug-likeness (QED) is 0.660. The van der Waals surface area contributed by atoms with Crippen LogP contribution in [-0.4, -0.2) is 41.9 Å². The maximum absolute atomic E-state index is 13.2. The number of rotatable bonds is 3. The molecule has 1 aromatic carbocycles. The van der Waals surface area contributed by atoms with Crippen LogP contribution in [0.25, 0.3) is 0 Å². The number of hydrogen-bond donors (Lipinski definition) is 1. The Hall–Kier alpha value is -2.28. The SMILES string of the molecule is CCOC(=O)[C@@]1(C)N[C@@H](c2ccc(F)cc2)[C@H]2C(=O)N(C)C(=O)[C@H]21. The lowest BCUT2D eigenvalue weighted by molar-refractivity contribution is -0.155. The van der Waals surface area contributed by atoms with Crippen molar-refractivity contribution in [2.75, 3.05) is 13.7 Å². The summed E-state index contributed by atoms with van der Waals surface area (Å²) in [6.45, 7) is 3.43. The van der Waals surface area contributed by atoms with Gasteiger partial charge in [-0.15, -0.1) is 0 Å². The Kier molecular flexibility index (Phi) is 3.91. The largest absolute Gasteiger partial charge is 0.465 e. The van der Waals surface area contributed by atoms with Crippen molar-refractivity contribution >= 4 is 17.8 Å². The van der Waals surface area contributed by atoms with E-state index in [9.17, 15) is 18.8 Å². The number of likely N-dealkylation sites (tertiary alicyclic amines) is 1. The second-order valence-corrected chi connectivity index (χ2v) is 6.34. The van der Waals surface area contributed by atoms with Gasteiger partial charge in [0.25, 0.3) is 0 Å². The van der Waals surface area contributed by atoms with Crippen LogP contribution in [0.2, 0.25) is 0 Å². The summed E-state index contributed by atoms with van der Waals surface area (Å²) in [7, 11) is 1.41. The van der Waals surface area contributed by atoms with Gasteiger partial charge in [-0.2, -0.15) is 0 Å². The maximum atomic E-state index is 13.2. The second-order valence-electron chi connectivity index (χ2n) is 6.34. The number of carbonyl (C=O) groups excluding carboxylic acids is 3. The van der Waals surface area contributed by atoms with Crippen molar-refractivity contribution in [1.29, 1.82) is 0 Å². The molecule has 0 radical (unpaired) electrons. The van der Waals surface area contributed by atoms with Crippen LogP contribution in [0.15, 0.2) is 24.3 Å². The Bertz CT molecular complexity index is 705. The molecule has 24 heavy (non-hydrogen) atoms. The first-order chi connectivity index (χ1) is 11.3. The summed E-state index contributed by atoms with van der Waals surface area (Å²) < 4.78 is 18.3. The molecule has 0 spiro atoms. The van der Waals surface area contributed by atoms with Crippen LogP contribution in [0.5, 0.6) is 0 Å². The number of esters is 1. The van der Waals surface area contributed by atoms with Gasteiger partial charge < -0.3 is 4.74 Å². The van der Waals surface area contributed by atoms with E-state index in [4.69, 9.17) is 4.74 Å². The lowest BCUT2D eigenvalue weighted by Crippen LogP contribution is -2.53. The van der Waals surface area contributed by atoms with Crippen LogP contribution in [0.3, 0.4) is 0 Å². The van der Waals surface area contributed by atoms with E-state index in [0.717, 1.165) is 4.90 Å². The molecule has 0 aliphatic carbocycles. The molecule has 2 amide bonds. The van der Waals surface area contributed by atoms with Gasteiger partial charge in [-0.05, 0) is 31.5 Å². The fourth-order valence-corrected chi connectivity index (χ4v) is 3.71. The monoisotopic (exact) mass is 334 g/mol. The molecule has 3 rings (SSSR count). The second kappa shape index (κ2) is 5.66. The number of carbonyl (C=O) groups is 3. The third-order valence-electron chi connectivity index (χ3n) is 4.94. The number of halogens is 1. The van der Waals surface area contributed by atoms with E-state index >= 15 is 0 Å². The van der Waals surface area contributed by atoms with Crippen molar-refractivity contribution < 1.29 is 23.5 Å². The molecule has 2 aliphatic rings. The van der Waals surface area contributed by atoms with Crippen LogP contribution < -0.4 is 5.32 Å². The summed E-state index contributed by atoms with van der Waals surface area (Å²) in [5, 5.41) is 3.11. The maximum Gasteiger partial charge on any atom is 0.326 e. The minimum absolute atomic E-state index is 0.173. The number of imide groups is 1. The first kappa shape index (κ1) is 16.6. The highest BCUT2D eigenvalue weighted by atomic mass is 19.1. The van der Waals surface area contributed by atoms with Gasteiger partial charge in [0.15, 0.2) is 0 Å². The average molecular weight is 334 g/mol. The van der Waals surface area contributed by atoms with Crippen LogP contribution in [0, 0.1) is 17.7 Å². The number of fused-ring (bicyclic) bond motifs is 1. The molecule has 2 fully saturated rings. The lowest BCUT2D eigenvalue weighted by Gasteiger charge is -2.28. The standard InChI is InChI=1S/C17H19FN2O4/c1-4-24-16(23)17(2)12-11(14(21)20(3)15(12)22)13(19-17)9-5-7-10(18)8-6-9/h5-8,11-13,19H,4H2,1-3H3/t11-,12-,13-,17-/m0/s1. The number of amides is 2. The van der Waals surface area contributed by atoms with Crippen LogP contribution in [-0.2, 0) is 19.1 Å². The Morgan fingerprint density at radius 1 is 1.29 bits per heavy atom. The zero-order valence-corrected chi connectivity index (χ0v) is 13.7. The Balaban J connectivity index is 2.06. The van der Waals surface area contributed by atoms with E-state index in [-0.39, 0.29) is 12.5 Å². The highest BCUT2D eigenvalue weighted by molar-refractivity contribution is 6.09. The minimum Gasteiger partial charge on any atom is -0.465 e. The van der Waals surface area contributed by atoms with Crippen molar-refractivity contribution in [3.63, 3.8) is 0 Å². The number of nitrogens with zero attached hydrogens (tertiary/aromatic N) is 1. The average Bonchev–Trinajstić information content (AvgIpc) is 2.99.